The topological polar surface area (TPSA) is 60.8 Å². The molecule has 0 spiro atoms. The Bertz CT molecular complexity index is 433. The molecule has 0 aliphatic heterocycles. The third kappa shape index (κ3) is 2.82. The monoisotopic (exact) mass is 249 g/mol. The number of amides is 1. The van der Waals surface area contributed by atoms with Crippen LogP contribution in [0.15, 0.2) is 24.3 Å². The van der Waals surface area contributed by atoms with Gasteiger partial charge in [0.2, 0.25) is 0 Å². The first kappa shape index (κ1) is 12.9. The number of phenols is 1. The summed E-state index contributed by atoms with van der Waals surface area (Å²) in [6.07, 6.45) is 2.54. The summed E-state index contributed by atoms with van der Waals surface area (Å²) in [5.74, 6) is 0.149. The van der Waals surface area contributed by atoms with Gasteiger partial charge in [-0.3, -0.25) is 4.79 Å². The van der Waals surface area contributed by atoms with Gasteiger partial charge >= 0.3 is 0 Å². The number of carbonyl (C=O) groups excluding carboxylic acids is 1. The van der Waals surface area contributed by atoms with Gasteiger partial charge in [0.1, 0.15) is 5.75 Å². The van der Waals surface area contributed by atoms with E-state index < -0.39 is 0 Å². The van der Waals surface area contributed by atoms with Crippen LogP contribution >= 0.6 is 0 Å². The number of benzene rings is 1. The molecule has 1 fully saturated rings. The van der Waals surface area contributed by atoms with Gasteiger partial charge in [0.15, 0.2) is 0 Å². The Labute approximate surface area is 107 Å². The molecule has 2 unspecified atom stereocenters. The van der Waals surface area contributed by atoms with Crippen molar-refractivity contribution in [3.8, 4) is 5.75 Å². The van der Waals surface area contributed by atoms with Crippen molar-refractivity contribution < 1.29 is 15.0 Å². The second-order valence-corrected chi connectivity index (χ2v) is 4.99. The van der Waals surface area contributed by atoms with Crippen molar-refractivity contribution in [2.45, 2.75) is 25.4 Å². The van der Waals surface area contributed by atoms with Gasteiger partial charge in [0, 0.05) is 25.1 Å². The zero-order valence-electron chi connectivity index (χ0n) is 10.5. The zero-order chi connectivity index (χ0) is 13.1. The van der Waals surface area contributed by atoms with E-state index in [-0.39, 0.29) is 23.7 Å². The summed E-state index contributed by atoms with van der Waals surface area (Å²) in [4.78, 5) is 13.7. The van der Waals surface area contributed by atoms with Crippen LogP contribution in [0, 0.1) is 5.92 Å². The minimum atomic E-state index is -0.288. The quantitative estimate of drug-likeness (QED) is 0.855. The third-order valence-corrected chi connectivity index (χ3v) is 3.57. The smallest absolute Gasteiger partial charge is 0.253 e. The number of carbonyl (C=O) groups is 1. The largest absolute Gasteiger partial charge is 0.508 e. The summed E-state index contributed by atoms with van der Waals surface area (Å²) in [6.45, 7) is 0.565. The number of hydrogen-bond donors (Lipinski definition) is 2. The van der Waals surface area contributed by atoms with Crippen molar-refractivity contribution >= 4 is 5.91 Å². The van der Waals surface area contributed by atoms with Crippen LogP contribution in [0.3, 0.4) is 0 Å². The highest BCUT2D eigenvalue weighted by Gasteiger charge is 2.27. The highest BCUT2D eigenvalue weighted by molar-refractivity contribution is 5.94. The predicted molar refractivity (Wildman–Crippen MR) is 68.4 cm³/mol. The third-order valence-electron chi connectivity index (χ3n) is 3.57. The first-order valence-corrected chi connectivity index (χ1v) is 6.30. The molecule has 0 heterocycles. The van der Waals surface area contributed by atoms with Crippen LogP contribution in [0.2, 0.25) is 0 Å². The van der Waals surface area contributed by atoms with Gasteiger partial charge < -0.3 is 15.1 Å². The standard InChI is InChI=1S/C14H19NO3/c1-15(9-11-5-3-7-13(11)17)14(18)10-4-2-6-12(16)8-10/h2,4,6,8,11,13,16-17H,3,5,7,9H2,1H3. The first-order valence-electron chi connectivity index (χ1n) is 6.30. The fourth-order valence-corrected chi connectivity index (χ4v) is 2.52. The molecule has 2 atom stereocenters. The van der Waals surface area contributed by atoms with Crippen molar-refractivity contribution in [3.63, 3.8) is 0 Å². The molecule has 0 saturated heterocycles. The predicted octanol–water partition coefficient (Wildman–Crippen LogP) is 1.63. The molecule has 1 aliphatic carbocycles. The van der Waals surface area contributed by atoms with E-state index in [0.29, 0.717) is 12.1 Å². The molecule has 1 aliphatic rings. The number of hydrogen-bond acceptors (Lipinski definition) is 3. The molecular weight excluding hydrogens is 230 g/mol. The van der Waals surface area contributed by atoms with E-state index in [1.165, 1.54) is 12.1 Å². The van der Waals surface area contributed by atoms with Crippen LogP contribution in [-0.2, 0) is 0 Å². The van der Waals surface area contributed by atoms with E-state index in [4.69, 9.17) is 0 Å². The van der Waals surface area contributed by atoms with E-state index in [9.17, 15) is 15.0 Å². The SMILES string of the molecule is CN(CC1CCCC1O)C(=O)c1cccc(O)c1. The highest BCUT2D eigenvalue weighted by atomic mass is 16.3. The molecule has 0 radical (unpaired) electrons. The summed E-state index contributed by atoms with van der Waals surface area (Å²) in [5, 5.41) is 19.1. The summed E-state index contributed by atoms with van der Waals surface area (Å²) < 4.78 is 0. The lowest BCUT2D eigenvalue weighted by Crippen LogP contribution is -2.34. The summed E-state index contributed by atoms with van der Waals surface area (Å²) >= 11 is 0. The lowest BCUT2D eigenvalue weighted by Gasteiger charge is -2.23. The van der Waals surface area contributed by atoms with Crippen LogP contribution in [0.1, 0.15) is 29.6 Å². The van der Waals surface area contributed by atoms with Gasteiger partial charge in [-0.2, -0.15) is 0 Å². The fourth-order valence-electron chi connectivity index (χ4n) is 2.52. The van der Waals surface area contributed by atoms with Crippen molar-refractivity contribution in [3.05, 3.63) is 29.8 Å². The van der Waals surface area contributed by atoms with Crippen LogP contribution in [0.5, 0.6) is 5.75 Å². The number of aliphatic hydroxyl groups is 1. The van der Waals surface area contributed by atoms with Gasteiger partial charge in [-0.1, -0.05) is 12.5 Å². The second kappa shape index (κ2) is 5.40. The van der Waals surface area contributed by atoms with Crippen LogP contribution in [0.25, 0.3) is 0 Å². The summed E-state index contributed by atoms with van der Waals surface area (Å²) in [5.41, 5.74) is 0.477. The first-order chi connectivity index (χ1) is 8.58. The average molecular weight is 249 g/mol. The van der Waals surface area contributed by atoms with Gasteiger partial charge in [0.05, 0.1) is 6.10 Å². The Morgan fingerprint density at radius 1 is 1.44 bits per heavy atom. The number of rotatable bonds is 3. The van der Waals surface area contributed by atoms with Crippen LogP contribution in [-0.4, -0.2) is 40.7 Å². The number of phenolic OH excluding ortho intramolecular Hbond substituents is 1. The molecule has 1 saturated carbocycles. The number of aromatic hydroxyl groups is 1. The van der Waals surface area contributed by atoms with Crippen molar-refractivity contribution in [1.82, 2.24) is 4.90 Å². The Morgan fingerprint density at radius 3 is 2.83 bits per heavy atom. The minimum Gasteiger partial charge on any atom is -0.508 e. The van der Waals surface area contributed by atoms with Gasteiger partial charge in [-0.25, -0.2) is 0 Å². The molecule has 1 aromatic carbocycles. The Hall–Kier alpha value is -1.55. The molecular formula is C14H19NO3. The molecule has 1 amide bonds. The molecule has 2 N–H and O–H groups in total. The van der Waals surface area contributed by atoms with Gasteiger partial charge in [-0.05, 0) is 31.0 Å². The fraction of sp³-hybridized carbons (Fsp3) is 0.500. The lowest BCUT2D eigenvalue weighted by molar-refractivity contribution is 0.0693. The summed E-state index contributed by atoms with van der Waals surface area (Å²) in [6, 6.07) is 6.34. The van der Waals surface area contributed by atoms with E-state index in [2.05, 4.69) is 0 Å². The van der Waals surface area contributed by atoms with E-state index >= 15 is 0 Å². The van der Waals surface area contributed by atoms with Gasteiger partial charge in [-0.15, -0.1) is 0 Å². The lowest BCUT2D eigenvalue weighted by atomic mass is 10.1. The molecule has 18 heavy (non-hydrogen) atoms. The zero-order valence-corrected chi connectivity index (χ0v) is 10.5. The molecule has 4 nitrogen and oxygen atoms in total. The Balaban J connectivity index is 2.00. The molecule has 0 aromatic heterocycles. The molecule has 0 bridgehead atoms. The summed E-state index contributed by atoms with van der Waals surface area (Å²) in [7, 11) is 1.73. The Morgan fingerprint density at radius 2 is 2.22 bits per heavy atom. The average Bonchev–Trinajstić information content (AvgIpc) is 2.74. The molecule has 2 rings (SSSR count). The van der Waals surface area contributed by atoms with Gasteiger partial charge in [0.25, 0.3) is 5.91 Å². The van der Waals surface area contributed by atoms with E-state index in [0.717, 1.165) is 19.3 Å². The Kier molecular flexibility index (Phi) is 3.87. The maximum atomic E-state index is 12.1. The van der Waals surface area contributed by atoms with Crippen LogP contribution in [0.4, 0.5) is 0 Å². The molecule has 98 valence electrons. The normalized spacial score (nSPS) is 23.0. The van der Waals surface area contributed by atoms with Crippen molar-refractivity contribution in [1.29, 1.82) is 0 Å². The van der Waals surface area contributed by atoms with Crippen LogP contribution < -0.4 is 0 Å². The highest BCUT2D eigenvalue weighted by Crippen LogP contribution is 2.26. The minimum absolute atomic E-state index is 0.0927. The van der Waals surface area contributed by atoms with E-state index in [1.54, 1.807) is 24.1 Å². The second-order valence-electron chi connectivity index (χ2n) is 4.99. The number of nitrogens with zero attached hydrogens (tertiary/aromatic N) is 1. The molecule has 4 heteroatoms. The van der Waals surface area contributed by atoms with Crippen molar-refractivity contribution in [2.24, 2.45) is 5.92 Å². The maximum absolute atomic E-state index is 12.1. The van der Waals surface area contributed by atoms with Crippen molar-refractivity contribution in [2.75, 3.05) is 13.6 Å². The number of aliphatic hydroxyl groups excluding tert-OH is 1. The maximum Gasteiger partial charge on any atom is 0.253 e. The molecule has 1 aromatic rings. The van der Waals surface area contributed by atoms with E-state index in [1.807, 2.05) is 0 Å².